The molecule has 1 aliphatic heterocycles. The van der Waals surface area contributed by atoms with Crippen molar-refractivity contribution < 1.29 is 24.2 Å². The van der Waals surface area contributed by atoms with Crippen molar-refractivity contribution in [3.63, 3.8) is 0 Å². The number of carbonyl (C=O) groups excluding carboxylic acids is 2. The normalized spacial score (nSPS) is 19.6. The highest BCUT2D eigenvalue weighted by Crippen LogP contribution is 2.16. The molecule has 7 nitrogen and oxygen atoms in total. The van der Waals surface area contributed by atoms with Gasteiger partial charge in [0.2, 0.25) is 0 Å². The number of amides is 3. The number of urea groups is 1. The first kappa shape index (κ1) is 19.6. The Hall–Kier alpha value is -3.13. The Bertz CT molecular complexity index is 826. The number of anilines is 1. The van der Waals surface area contributed by atoms with E-state index in [0.717, 1.165) is 0 Å². The van der Waals surface area contributed by atoms with Gasteiger partial charge in [0.1, 0.15) is 11.6 Å². The van der Waals surface area contributed by atoms with Gasteiger partial charge >= 0.3 is 6.03 Å². The van der Waals surface area contributed by atoms with Gasteiger partial charge in [-0.15, -0.1) is 0 Å². The van der Waals surface area contributed by atoms with Gasteiger partial charge in [-0.2, -0.15) is 0 Å². The number of halogens is 1. The second-order valence-corrected chi connectivity index (χ2v) is 6.72. The highest BCUT2D eigenvalue weighted by atomic mass is 19.1. The average Bonchev–Trinajstić information content (AvgIpc) is 2.86. The van der Waals surface area contributed by atoms with E-state index in [9.17, 15) is 24.2 Å². The van der Waals surface area contributed by atoms with E-state index in [1.807, 2.05) is 0 Å². The fraction of sp³-hybridized carbons (Fsp3) is 0.300. The molecular formula is C20H22FN3O4. The zero-order valence-electron chi connectivity index (χ0n) is 15.1. The van der Waals surface area contributed by atoms with E-state index in [0.29, 0.717) is 30.6 Å². The standard InChI is InChI=1S/C20H22FN3O4/c21-14-5-7-15(8-6-14)22-20(28)24-11-1-2-18(26)17(12-24)23-19(27)13-3-9-16(25)10-4-13/h3-10,17-18,25-26H,1-2,11-12H2,(H,22,28)(H,23,27)/t17-,18-/m1/s1. The molecule has 0 spiro atoms. The maximum absolute atomic E-state index is 13.0. The molecule has 0 radical (unpaired) electrons. The lowest BCUT2D eigenvalue weighted by Crippen LogP contribution is -2.50. The molecule has 1 fully saturated rings. The van der Waals surface area contributed by atoms with Crippen molar-refractivity contribution in [1.29, 1.82) is 0 Å². The lowest BCUT2D eigenvalue weighted by atomic mass is 10.1. The molecule has 0 bridgehead atoms. The summed E-state index contributed by atoms with van der Waals surface area (Å²) in [5.41, 5.74) is 0.803. The van der Waals surface area contributed by atoms with Crippen LogP contribution in [0.3, 0.4) is 0 Å². The molecule has 2 atom stereocenters. The summed E-state index contributed by atoms with van der Waals surface area (Å²) in [4.78, 5) is 26.5. The van der Waals surface area contributed by atoms with Crippen molar-refractivity contribution in [3.8, 4) is 5.75 Å². The lowest BCUT2D eigenvalue weighted by Gasteiger charge is -2.27. The fourth-order valence-electron chi connectivity index (χ4n) is 3.07. The Balaban J connectivity index is 1.65. The number of aromatic hydroxyl groups is 1. The molecule has 0 saturated carbocycles. The third kappa shape index (κ3) is 4.98. The van der Waals surface area contributed by atoms with E-state index in [-0.39, 0.29) is 18.3 Å². The number of benzene rings is 2. The average molecular weight is 387 g/mol. The third-order valence-electron chi connectivity index (χ3n) is 4.64. The number of nitrogens with one attached hydrogen (secondary N) is 2. The van der Waals surface area contributed by atoms with E-state index >= 15 is 0 Å². The number of phenols is 1. The van der Waals surface area contributed by atoms with Gasteiger partial charge in [0, 0.05) is 24.3 Å². The van der Waals surface area contributed by atoms with Crippen LogP contribution in [0.5, 0.6) is 5.75 Å². The molecule has 2 aromatic carbocycles. The molecule has 148 valence electrons. The van der Waals surface area contributed by atoms with Gasteiger partial charge in [0.25, 0.3) is 5.91 Å². The van der Waals surface area contributed by atoms with Gasteiger partial charge in [-0.25, -0.2) is 9.18 Å². The molecule has 1 saturated heterocycles. The number of rotatable bonds is 3. The number of nitrogens with zero attached hydrogens (tertiary/aromatic N) is 1. The molecule has 2 aromatic rings. The van der Waals surface area contributed by atoms with Gasteiger partial charge in [-0.3, -0.25) is 4.79 Å². The summed E-state index contributed by atoms with van der Waals surface area (Å²) in [6, 6.07) is 10.2. The Morgan fingerprint density at radius 3 is 2.43 bits per heavy atom. The smallest absolute Gasteiger partial charge is 0.321 e. The molecule has 1 aliphatic rings. The summed E-state index contributed by atoms with van der Waals surface area (Å²) < 4.78 is 13.0. The zero-order chi connectivity index (χ0) is 20.1. The van der Waals surface area contributed by atoms with Gasteiger partial charge in [-0.05, 0) is 61.4 Å². The Morgan fingerprint density at radius 1 is 1.07 bits per heavy atom. The maximum atomic E-state index is 13.0. The summed E-state index contributed by atoms with van der Waals surface area (Å²) >= 11 is 0. The molecule has 3 rings (SSSR count). The number of phenolic OH excluding ortho intramolecular Hbond substituents is 1. The van der Waals surface area contributed by atoms with Crippen molar-refractivity contribution >= 4 is 17.6 Å². The van der Waals surface area contributed by atoms with Crippen molar-refractivity contribution in [1.82, 2.24) is 10.2 Å². The minimum atomic E-state index is -0.787. The summed E-state index contributed by atoms with van der Waals surface area (Å²) in [6.07, 6.45) is 0.245. The predicted octanol–water partition coefficient (Wildman–Crippen LogP) is 2.32. The monoisotopic (exact) mass is 387 g/mol. The van der Waals surface area contributed by atoms with Crippen molar-refractivity contribution in [3.05, 3.63) is 59.9 Å². The van der Waals surface area contributed by atoms with Gasteiger partial charge in [0.05, 0.1) is 12.1 Å². The lowest BCUT2D eigenvalue weighted by molar-refractivity contribution is 0.0811. The van der Waals surface area contributed by atoms with E-state index in [4.69, 9.17) is 0 Å². The third-order valence-corrected chi connectivity index (χ3v) is 4.64. The molecule has 8 heteroatoms. The Kier molecular flexibility index (Phi) is 6.10. The topological polar surface area (TPSA) is 102 Å². The van der Waals surface area contributed by atoms with Crippen LogP contribution in [-0.2, 0) is 0 Å². The van der Waals surface area contributed by atoms with Crippen LogP contribution in [0.2, 0.25) is 0 Å². The number of hydrogen-bond acceptors (Lipinski definition) is 4. The van der Waals surface area contributed by atoms with Gasteiger partial charge in [-0.1, -0.05) is 0 Å². The first-order chi connectivity index (χ1) is 13.4. The molecule has 3 amide bonds. The number of aliphatic hydroxyl groups is 1. The first-order valence-corrected chi connectivity index (χ1v) is 9.02. The van der Waals surface area contributed by atoms with Crippen LogP contribution in [-0.4, -0.2) is 52.3 Å². The molecular weight excluding hydrogens is 365 g/mol. The maximum Gasteiger partial charge on any atom is 0.321 e. The van der Waals surface area contributed by atoms with E-state index in [1.165, 1.54) is 53.4 Å². The number of carbonyl (C=O) groups is 2. The van der Waals surface area contributed by atoms with Crippen LogP contribution < -0.4 is 10.6 Å². The van der Waals surface area contributed by atoms with Gasteiger partial charge < -0.3 is 25.7 Å². The molecule has 4 N–H and O–H groups in total. The van der Waals surface area contributed by atoms with Gasteiger partial charge in [0.15, 0.2) is 0 Å². The summed E-state index contributed by atoms with van der Waals surface area (Å²) in [6.45, 7) is 0.563. The molecule has 0 aliphatic carbocycles. The molecule has 1 heterocycles. The minimum absolute atomic E-state index is 0.0506. The van der Waals surface area contributed by atoms with Crippen LogP contribution in [0.15, 0.2) is 48.5 Å². The first-order valence-electron chi connectivity index (χ1n) is 9.02. The zero-order valence-corrected chi connectivity index (χ0v) is 15.1. The Morgan fingerprint density at radius 2 is 1.75 bits per heavy atom. The summed E-state index contributed by atoms with van der Waals surface area (Å²) in [7, 11) is 0. The fourth-order valence-corrected chi connectivity index (χ4v) is 3.07. The van der Waals surface area contributed by atoms with Crippen LogP contribution in [0.4, 0.5) is 14.9 Å². The van der Waals surface area contributed by atoms with Crippen LogP contribution in [0.1, 0.15) is 23.2 Å². The van der Waals surface area contributed by atoms with Crippen LogP contribution in [0, 0.1) is 5.82 Å². The number of hydrogen-bond donors (Lipinski definition) is 4. The second kappa shape index (κ2) is 8.71. The SMILES string of the molecule is O=C(N[C@@H]1CN(C(=O)Nc2ccc(F)cc2)CCC[C@H]1O)c1ccc(O)cc1. The molecule has 28 heavy (non-hydrogen) atoms. The second-order valence-electron chi connectivity index (χ2n) is 6.72. The largest absolute Gasteiger partial charge is 0.508 e. The molecule has 0 unspecified atom stereocenters. The van der Waals surface area contributed by atoms with E-state index < -0.39 is 23.9 Å². The molecule has 0 aromatic heterocycles. The summed E-state index contributed by atoms with van der Waals surface area (Å²) in [5.74, 6) is -0.743. The highest BCUT2D eigenvalue weighted by Gasteiger charge is 2.29. The van der Waals surface area contributed by atoms with E-state index in [1.54, 1.807) is 0 Å². The number of likely N-dealkylation sites (tertiary alicyclic amines) is 1. The summed E-state index contributed by atoms with van der Waals surface area (Å²) in [5, 5.41) is 25.1. The van der Waals surface area contributed by atoms with Crippen molar-refractivity contribution in [2.45, 2.75) is 25.0 Å². The van der Waals surface area contributed by atoms with Crippen LogP contribution >= 0.6 is 0 Å². The minimum Gasteiger partial charge on any atom is -0.508 e. The predicted molar refractivity (Wildman–Crippen MR) is 102 cm³/mol. The Labute approximate surface area is 161 Å². The van der Waals surface area contributed by atoms with E-state index in [2.05, 4.69) is 10.6 Å². The van der Waals surface area contributed by atoms with Crippen molar-refractivity contribution in [2.75, 3.05) is 18.4 Å². The van der Waals surface area contributed by atoms with Crippen molar-refractivity contribution in [2.24, 2.45) is 0 Å². The van der Waals surface area contributed by atoms with Crippen LogP contribution in [0.25, 0.3) is 0 Å². The highest BCUT2D eigenvalue weighted by molar-refractivity contribution is 5.94. The number of aliphatic hydroxyl groups excluding tert-OH is 1. The quantitative estimate of drug-likeness (QED) is 0.649.